The molecule has 0 aromatic heterocycles. The summed E-state index contributed by atoms with van der Waals surface area (Å²) in [6.45, 7) is 0.401. The summed E-state index contributed by atoms with van der Waals surface area (Å²) in [5.74, 6) is 0.994. The Balaban J connectivity index is 1.59. The molecule has 1 aromatic carbocycles. The van der Waals surface area contributed by atoms with Gasteiger partial charge in [0, 0.05) is 12.1 Å². The fourth-order valence-electron chi connectivity index (χ4n) is 2.64. The number of methoxy groups -OCH3 is 1. The number of rotatable bonds is 5. The summed E-state index contributed by atoms with van der Waals surface area (Å²) in [4.78, 5) is 11.7. The summed E-state index contributed by atoms with van der Waals surface area (Å²) in [6.07, 6.45) is 4.39. The lowest BCUT2D eigenvalue weighted by Crippen LogP contribution is -2.36. The maximum atomic E-state index is 11.7. The van der Waals surface area contributed by atoms with Gasteiger partial charge in [0.25, 0.3) is 0 Å². The number of nitrogens with one attached hydrogen (secondary N) is 2. The van der Waals surface area contributed by atoms with Gasteiger partial charge in [-0.1, -0.05) is 6.07 Å². The SMILES string of the molecule is COc1ccc2c(c1)C(NCC(=O)NC1CC1)CC2. The molecule has 2 aliphatic rings. The lowest BCUT2D eigenvalue weighted by molar-refractivity contribution is -0.120. The van der Waals surface area contributed by atoms with Crippen LogP contribution in [0.3, 0.4) is 0 Å². The highest BCUT2D eigenvalue weighted by molar-refractivity contribution is 5.78. The Labute approximate surface area is 113 Å². The number of carbonyl (C=O) groups is 1. The second-order valence-corrected chi connectivity index (χ2v) is 5.38. The zero-order valence-corrected chi connectivity index (χ0v) is 11.2. The van der Waals surface area contributed by atoms with Crippen molar-refractivity contribution in [3.63, 3.8) is 0 Å². The van der Waals surface area contributed by atoms with Gasteiger partial charge in [0.2, 0.25) is 5.91 Å². The topological polar surface area (TPSA) is 50.4 Å². The summed E-state index contributed by atoms with van der Waals surface area (Å²) >= 11 is 0. The molecule has 3 rings (SSSR count). The van der Waals surface area contributed by atoms with Gasteiger partial charge in [-0.15, -0.1) is 0 Å². The van der Waals surface area contributed by atoms with Crippen LogP contribution in [0.1, 0.15) is 36.4 Å². The first-order valence-corrected chi connectivity index (χ1v) is 6.96. The van der Waals surface area contributed by atoms with Crippen molar-refractivity contribution in [3.8, 4) is 5.75 Å². The van der Waals surface area contributed by atoms with Crippen LogP contribution in [0, 0.1) is 0 Å². The second kappa shape index (κ2) is 5.21. The largest absolute Gasteiger partial charge is 0.497 e. The Morgan fingerprint density at radius 2 is 2.21 bits per heavy atom. The Kier molecular flexibility index (Phi) is 3.42. The maximum absolute atomic E-state index is 11.7. The number of amides is 1. The Hall–Kier alpha value is -1.55. The molecule has 4 nitrogen and oxygen atoms in total. The van der Waals surface area contributed by atoms with E-state index >= 15 is 0 Å². The van der Waals surface area contributed by atoms with Gasteiger partial charge in [-0.3, -0.25) is 4.79 Å². The summed E-state index contributed by atoms with van der Waals surface area (Å²) in [5.41, 5.74) is 2.64. The highest BCUT2D eigenvalue weighted by atomic mass is 16.5. The van der Waals surface area contributed by atoms with Gasteiger partial charge in [-0.05, 0) is 48.9 Å². The molecule has 1 amide bonds. The average molecular weight is 260 g/mol. The molecule has 4 heteroatoms. The minimum absolute atomic E-state index is 0.110. The molecule has 2 N–H and O–H groups in total. The van der Waals surface area contributed by atoms with E-state index in [1.54, 1.807) is 7.11 Å². The Bertz CT molecular complexity index is 483. The first-order valence-electron chi connectivity index (χ1n) is 6.96. The quantitative estimate of drug-likeness (QED) is 0.844. The van der Waals surface area contributed by atoms with Crippen LogP contribution in [0.25, 0.3) is 0 Å². The third-order valence-corrected chi connectivity index (χ3v) is 3.88. The minimum Gasteiger partial charge on any atom is -0.497 e. The number of ether oxygens (including phenoxy) is 1. The van der Waals surface area contributed by atoms with Gasteiger partial charge in [-0.2, -0.15) is 0 Å². The third-order valence-electron chi connectivity index (χ3n) is 3.88. The van der Waals surface area contributed by atoms with E-state index in [1.165, 1.54) is 11.1 Å². The van der Waals surface area contributed by atoms with Crippen LogP contribution in [-0.2, 0) is 11.2 Å². The summed E-state index contributed by atoms with van der Waals surface area (Å²) in [7, 11) is 1.68. The Morgan fingerprint density at radius 3 is 2.95 bits per heavy atom. The molecular formula is C15H20N2O2. The van der Waals surface area contributed by atoms with Crippen molar-refractivity contribution in [2.75, 3.05) is 13.7 Å². The number of benzene rings is 1. The highest BCUT2D eigenvalue weighted by Gasteiger charge is 2.25. The van der Waals surface area contributed by atoms with Gasteiger partial charge < -0.3 is 15.4 Å². The molecule has 1 saturated carbocycles. The molecule has 2 aliphatic carbocycles. The fourth-order valence-corrected chi connectivity index (χ4v) is 2.64. The van der Waals surface area contributed by atoms with Crippen molar-refractivity contribution < 1.29 is 9.53 Å². The van der Waals surface area contributed by atoms with E-state index < -0.39 is 0 Å². The lowest BCUT2D eigenvalue weighted by atomic mass is 10.1. The van der Waals surface area contributed by atoms with E-state index in [9.17, 15) is 4.79 Å². The monoisotopic (exact) mass is 260 g/mol. The molecule has 0 heterocycles. The fraction of sp³-hybridized carbons (Fsp3) is 0.533. The summed E-state index contributed by atoms with van der Waals surface area (Å²) in [5, 5.41) is 6.35. The predicted octanol–water partition coefficient (Wildman–Crippen LogP) is 1.55. The van der Waals surface area contributed by atoms with Crippen molar-refractivity contribution in [2.24, 2.45) is 0 Å². The molecule has 1 aromatic rings. The molecule has 102 valence electrons. The van der Waals surface area contributed by atoms with Crippen molar-refractivity contribution in [1.29, 1.82) is 0 Å². The molecule has 0 aliphatic heterocycles. The minimum atomic E-state index is 0.110. The Morgan fingerprint density at radius 1 is 1.37 bits per heavy atom. The van der Waals surface area contributed by atoms with Crippen molar-refractivity contribution in [1.82, 2.24) is 10.6 Å². The van der Waals surface area contributed by atoms with E-state index in [0.29, 0.717) is 12.6 Å². The van der Waals surface area contributed by atoms with Crippen molar-refractivity contribution in [3.05, 3.63) is 29.3 Å². The molecule has 1 atom stereocenters. The summed E-state index contributed by atoms with van der Waals surface area (Å²) in [6, 6.07) is 6.92. The van der Waals surface area contributed by atoms with E-state index in [-0.39, 0.29) is 11.9 Å². The van der Waals surface area contributed by atoms with E-state index in [2.05, 4.69) is 22.8 Å². The van der Waals surface area contributed by atoms with E-state index in [0.717, 1.165) is 31.4 Å². The molecule has 1 fully saturated rings. The number of hydrogen-bond acceptors (Lipinski definition) is 3. The van der Waals surface area contributed by atoms with E-state index in [1.807, 2.05) is 6.07 Å². The van der Waals surface area contributed by atoms with Gasteiger partial charge >= 0.3 is 0 Å². The van der Waals surface area contributed by atoms with Crippen molar-refractivity contribution in [2.45, 2.75) is 37.8 Å². The molecule has 0 bridgehead atoms. The predicted molar refractivity (Wildman–Crippen MR) is 73.2 cm³/mol. The summed E-state index contributed by atoms with van der Waals surface area (Å²) < 4.78 is 5.27. The molecule has 0 radical (unpaired) electrons. The van der Waals surface area contributed by atoms with Gasteiger partial charge in [0.1, 0.15) is 5.75 Å². The second-order valence-electron chi connectivity index (χ2n) is 5.38. The van der Waals surface area contributed by atoms with Crippen LogP contribution in [-0.4, -0.2) is 25.6 Å². The average Bonchev–Trinajstić information content (AvgIpc) is 3.14. The smallest absolute Gasteiger partial charge is 0.234 e. The molecule has 19 heavy (non-hydrogen) atoms. The number of hydrogen-bond donors (Lipinski definition) is 2. The molecule has 0 spiro atoms. The number of aryl methyl sites for hydroxylation is 1. The standard InChI is InChI=1S/C15H20N2O2/c1-19-12-6-2-10-3-7-14(13(10)8-12)16-9-15(18)17-11-4-5-11/h2,6,8,11,14,16H,3-5,7,9H2,1H3,(H,17,18). The first kappa shape index (κ1) is 12.5. The van der Waals surface area contributed by atoms with Crippen LogP contribution >= 0.6 is 0 Å². The van der Waals surface area contributed by atoms with Gasteiger partial charge in [0.05, 0.1) is 13.7 Å². The van der Waals surface area contributed by atoms with Crippen LogP contribution in [0.4, 0.5) is 0 Å². The first-order chi connectivity index (χ1) is 9.26. The highest BCUT2D eigenvalue weighted by Crippen LogP contribution is 2.33. The number of carbonyl (C=O) groups excluding carboxylic acids is 1. The van der Waals surface area contributed by atoms with Crippen LogP contribution in [0.2, 0.25) is 0 Å². The lowest BCUT2D eigenvalue weighted by Gasteiger charge is -2.14. The van der Waals surface area contributed by atoms with Crippen LogP contribution in [0.5, 0.6) is 5.75 Å². The van der Waals surface area contributed by atoms with Gasteiger partial charge in [-0.25, -0.2) is 0 Å². The van der Waals surface area contributed by atoms with Crippen LogP contribution < -0.4 is 15.4 Å². The zero-order chi connectivity index (χ0) is 13.2. The maximum Gasteiger partial charge on any atom is 0.234 e. The molecular weight excluding hydrogens is 240 g/mol. The molecule has 1 unspecified atom stereocenters. The molecule has 0 saturated heterocycles. The normalized spacial score (nSPS) is 21.0. The van der Waals surface area contributed by atoms with Crippen molar-refractivity contribution >= 4 is 5.91 Å². The van der Waals surface area contributed by atoms with Gasteiger partial charge in [0.15, 0.2) is 0 Å². The number of fused-ring (bicyclic) bond motifs is 1. The zero-order valence-electron chi connectivity index (χ0n) is 11.2. The van der Waals surface area contributed by atoms with E-state index in [4.69, 9.17) is 4.74 Å². The third kappa shape index (κ3) is 2.89. The van der Waals surface area contributed by atoms with Crippen LogP contribution in [0.15, 0.2) is 18.2 Å².